The quantitative estimate of drug-likeness (QED) is 0.794. The van der Waals surface area contributed by atoms with Gasteiger partial charge in [0.15, 0.2) is 0 Å². The van der Waals surface area contributed by atoms with Gasteiger partial charge in [0.1, 0.15) is 5.75 Å². The Balaban J connectivity index is 0.000000686. The number of hydrogen-bond donors (Lipinski definition) is 0. The molecule has 1 aliphatic rings. The van der Waals surface area contributed by atoms with Crippen molar-refractivity contribution in [3.8, 4) is 5.75 Å². The summed E-state index contributed by atoms with van der Waals surface area (Å²) in [4.78, 5) is 0. The Bertz CT molecular complexity index is 286. The molecule has 2 heteroatoms. The molecule has 2 nitrogen and oxygen atoms in total. The van der Waals surface area contributed by atoms with Crippen molar-refractivity contribution < 1.29 is 9.47 Å². The van der Waals surface area contributed by atoms with E-state index in [-0.39, 0.29) is 0 Å². The van der Waals surface area contributed by atoms with Gasteiger partial charge >= 0.3 is 0 Å². The zero-order valence-electron chi connectivity index (χ0n) is 11.2. The summed E-state index contributed by atoms with van der Waals surface area (Å²) in [6.45, 7) is 8.69. The predicted molar refractivity (Wildman–Crippen MR) is 71.6 cm³/mol. The smallest absolute Gasteiger partial charge is 0.119 e. The highest BCUT2D eigenvalue weighted by atomic mass is 16.5. The third kappa shape index (κ3) is 5.22. The summed E-state index contributed by atoms with van der Waals surface area (Å²) in [5.41, 5.74) is 1.27. The SMILES string of the molecule is CC.Cc1ccc(OCC2CCOCC2)cc1. The van der Waals surface area contributed by atoms with E-state index in [2.05, 4.69) is 19.1 Å². The van der Waals surface area contributed by atoms with Gasteiger partial charge in [-0.15, -0.1) is 0 Å². The van der Waals surface area contributed by atoms with Crippen LogP contribution >= 0.6 is 0 Å². The maximum absolute atomic E-state index is 5.74. The molecule has 0 N–H and O–H groups in total. The maximum Gasteiger partial charge on any atom is 0.119 e. The van der Waals surface area contributed by atoms with E-state index in [0.29, 0.717) is 5.92 Å². The van der Waals surface area contributed by atoms with Gasteiger partial charge in [0.05, 0.1) is 6.61 Å². The molecule has 0 aromatic heterocycles. The standard InChI is InChI=1S/C13H18O2.C2H6/c1-11-2-4-13(5-3-11)15-10-12-6-8-14-9-7-12;1-2/h2-5,12H,6-10H2,1H3;1-2H3. The maximum atomic E-state index is 5.74. The van der Waals surface area contributed by atoms with Crippen molar-refractivity contribution in [1.29, 1.82) is 0 Å². The molecule has 2 rings (SSSR count). The Morgan fingerprint density at radius 3 is 2.29 bits per heavy atom. The molecule has 0 unspecified atom stereocenters. The van der Waals surface area contributed by atoms with Crippen molar-refractivity contribution in [2.24, 2.45) is 5.92 Å². The summed E-state index contributed by atoms with van der Waals surface area (Å²) in [6.07, 6.45) is 2.26. The fraction of sp³-hybridized carbons (Fsp3) is 0.600. The van der Waals surface area contributed by atoms with Crippen molar-refractivity contribution in [3.05, 3.63) is 29.8 Å². The van der Waals surface area contributed by atoms with E-state index in [1.54, 1.807) is 0 Å². The first kappa shape index (κ1) is 14.0. The molecule has 1 fully saturated rings. The molecule has 1 aromatic carbocycles. The minimum absolute atomic E-state index is 0.667. The summed E-state index contributed by atoms with van der Waals surface area (Å²) in [5, 5.41) is 0. The lowest BCUT2D eigenvalue weighted by Gasteiger charge is -2.22. The van der Waals surface area contributed by atoms with Crippen LogP contribution in [-0.4, -0.2) is 19.8 Å². The Morgan fingerprint density at radius 1 is 1.12 bits per heavy atom. The summed E-state index contributed by atoms with van der Waals surface area (Å²) in [5.74, 6) is 1.65. The number of hydrogen-bond acceptors (Lipinski definition) is 2. The fourth-order valence-electron chi connectivity index (χ4n) is 1.76. The monoisotopic (exact) mass is 236 g/mol. The van der Waals surface area contributed by atoms with Crippen LogP contribution in [0, 0.1) is 12.8 Å². The van der Waals surface area contributed by atoms with Crippen LogP contribution < -0.4 is 4.74 Å². The largest absolute Gasteiger partial charge is 0.493 e. The fourth-order valence-corrected chi connectivity index (χ4v) is 1.76. The Morgan fingerprint density at radius 2 is 1.71 bits per heavy atom. The summed E-state index contributed by atoms with van der Waals surface area (Å²) < 4.78 is 11.1. The van der Waals surface area contributed by atoms with Crippen molar-refractivity contribution >= 4 is 0 Å². The normalized spacial score (nSPS) is 15.9. The first-order valence-corrected chi connectivity index (χ1v) is 6.62. The molecule has 96 valence electrons. The molecule has 0 bridgehead atoms. The van der Waals surface area contributed by atoms with Crippen molar-refractivity contribution in [1.82, 2.24) is 0 Å². The average molecular weight is 236 g/mol. The lowest BCUT2D eigenvalue weighted by molar-refractivity contribution is 0.0497. The molecule has 0 radical (unpaired) electrons. The Kier molecular flexibility index (Phi) is 6.71. The van der Waals surface area contributed by atoms with E-state index in [9.17, 15) is 0 Å². The number of aryl methyl sites for hydroxylation is 1. The van der Waals surface area contributed by atoms with E-state index < -0.39 is 0 Å². The summed E-state index contributed by atoms with van der Waals surface area (Å²) in [7, 11) is 0. The van der Waals surface area contributed by atoms with Crippen molar-refractivity contribution in [2.45, 2.75) is 33.6 Å². The van der Waals surface area contributed by atoms with Gasteiger partial charge in [-0.1, -0.05) is 31.5 Å². The molecule has 1 aliphatic heterocycles. The van der Waals surface area contributed by atoms with Crippen LogP contribution in [-0.2, 0) is 4.74 Å². The predicted octanol–water partition coefficient (Wildman–Crippen LogP) is 3.83. The molecular weight excluding hydrogens is 212 g/mol. The van der Waals surface area contributed by atoms with Crippen LogP contribution in [0.15, 0.2) is 24.3 Å². The first-order chi connectivity index (χ1) is 8.34. The third-order valence-electron chi connectivity index (χ3n) is 2.85. The van der Waals surface area contributed by atoms with E-state index >= 15 is 0 Å². The topological polar surface area (TPSA) is 18.5 Å². The van der Waals surface area contributed by atoms with Gasteiger partial charge in [0, 0.05) is 13.2 Å². The van der Waals surface area contributed by atoms with E-state index in [1.165, 1.54) is 5.56 Å². The van der Waals surface area contributed by atoms with Crippen LogP contribution in [0.1, 0.15) is 32.3 Å². The Hall–Kier alpha value is -1.02. The molecule has 0 spiro atoms. The van der Waals surface area contributed by atoms with Crippen LogP contribution in [0.2, 0.25) is 0 Å². The molecule has 1 heterocycles. The molecule has 0 atom stereocenters. The van der Waals surface area contributed by atoms with Gasteiger partial charge in [-0.3, -0.25) is 0 Å². The lowest BCUT2D eigenvalue weighted by Crippen LogP contribution is -2.21. The zero-order chi connectivity index (χ0) is 12.5. The van der Waals surface area contributed by atoms with Crippen LogP contribution in [0.4, 0.5) is 0 Å². The minimum Gasteiger partial charge on any atom is -0.493 e. The van der Waals surface area contributed by atoms with Gasteiger partial charge in [-0.25, -0.2) is 0 Å². The van der Waals surface area contributed by atoms with Gasteiger partial charge < -0.3 is 9.47 Å². The molecule has 17 heavy (non-hydrogen) atoms. The minimum atomic E-state index is 0.667. The summed E-state index contributed by atoms with van der Waals surface area (Å²) >= 11 is 0. The lowest BCUT2D eigenvalue weighted by atomic mass is 10.0. The molecular formula is C15H24O2. The van der Waals surface area contributed by atoms with Gasteiger partial charge in [-0.05, 0) is 37.8 Å². The highest BCUT2D eigenvalue weighted by Crippen LogP contribution is 2.18. The van der Waals surface area contributed by atoms with Gasteiger partial charge in [0.25, 0.3) is 0 Å². The van der Waals surface area contributed by atoms with Crippen molar-refractivity contribution in [3.63, 3.8) is 0 Å². The van der Waals surface area contributed by atoms with Crippen molar-refractivity contribution in [2.75, 3.05) is 19.8 Å². The second-order valence-corrected chi connectivity index (χ2v) is 4.18. The van der Waals surface area contributed by atoms with Crippen LogP contribution in [0.3, 0.4) is 0 Å². The van der Waals surface area contributed by atoms with Gasteiger partial charge in [0.2, 0.25) is 0 Å². The second-order valence-electron chi connectivity index (χ2n) is 4.18. The van der Waals surface area contributed by atoms with Crippen LogP contribution in [0.5, 0.6) is 5.75 Å². The first-order valence-electron chi connectivity index (χ1n) is 6.62. The van der Waals surface area contributed by atoms with Gasteiger partial charge in [-0.2, -0.15) is 0 Å². The average Bonchev–Trinajstić information content (AvgIpc) is 2.42. The Labute approximate surface area is 105 Å². The summed E-state index contributed by atoms with van der Waals surface area (Å²) in [6, 6.07) is 8.24. The number of rotatable bonds is 3. The van der Waals surface area contributed by atoms with E-state index in [1.807, 2.05) is 26.0 Å². The van der Waals surface area contributed by atoms with Crippen LogP contribution in [0.25, 0.3) is 0 Å². The van der Waals surface area contributed by atoms with E-state index in [0.717, 1.165) is 38.4 Å². The zero-order valence-corrected chi connectivity index (χ0v) is 11.2. The number of benzene rings is 1. The number of ether oxygens (including phenoxy) is 2. The molecule has 0 amide bonds. The highest BCUT2D eigenvalue weighted by Gasteiger charge is 2.14. The molecule has 1 aromatic rings. The van der Waals surface area contributed by atoms with E-state index in [4.69, 9.17) is 9.47 Å². The molecule has 0 saturated carbocycles. The molecule has 1 saturated heterocycles. The molecule has 0 aliphatic carbocycles. The second kappa shape index (κ2) is 8.13. The highest BCUT2D eigenvalue weighted by molar-refractivity contribution is 5.26. The third-order valence-corrected chi connectivity index (χ3v) is 2.85.